The Morgan fingerprint density at radius 1 is 1.06 bits per heavy atom. The lowest BCUT2D eigenvalue weighted by Gasteiger charge is -2.12. The fourth-order valence-corrected chi connectivity index (χ4v) is 3.87. The van der Waals surface area contributed by atoms with Crippen LogP contribution >= 0.6 is 11.6 Å². The molecule has 0 aliphatic rings. The number of benzene rings is 3. The van der Waals surface area contributed by atoms with E-state index in [-0.39, 0.29) is 5.91 Å². The maximum Gasteiger partial charge on any atom is 0.231 e. The van der Waals surface area contributed by atoms with Crippen molar-refractivity contribution in [2.24, 2.45) is 0 Å². The summed E-state index contributed by atoms with van der Waals surface area (Å²) in [6, 6.07) is 20.8. The SMILES string of the molecule is CN(C)c1ccc(CC(=O)Nc2ccc(-c3n[nH]cc3-c3nc4cc(Cl)ccc4o3)cc2)cc1. The molecule has 5 rings (SSSR count). The molecule has 3 aromatic carbocycles. The Morgan fingerprint density at radius 2 is 1.82 bits per heavy atom. The number of carbonyl (C=O) groups is 1. The molecule has 34 heavy (non-hydrogen) atoms. The van der Waals surface area contributed by atoms with Gasteiger partial charge in [-0.3, -0.25) is 9.89 Å². The van der Waals surface area contributed by atoms with Gasteiger partial charge in [0.2, 0.25) is 11.8 Å². The van der Waals surface area contributed by atoms with Crippen LogP contribution in [0.4, 0.5) is 11.4 Å². The van der Waals surface area contributed by atoms with Crippen molar-refractivity contribution < 1.29 is 9.21 Å². The number of rotatable bonds is 6. The maximum absolute atomic E-state index is 12.5. The Labute approximate surface area is 201 Å². The zero-order chi connectivity index (χ0) is 23.7. The van der Waals surface area contributed by atoms with Gasteiger partial charge in [-0.25, -0.2) is 4.98 Å². The highest BCUT2D eigenvalue weighted by molar-refractivity contribution is 6.31. The Bertz CT molecular complexity index is 1450. The molecule has 0 bridgehead atoms. The summed E-state index contributed by atoms with van der Waals surface area (Å²) < 4.78 is 5.89. The fraction of sp³-hybridized carbons (Fsp3) is 0.115. The Balaban J connectivity index is 1.30. The van der Waals surface area contributed by atoms with Crippen molar-refractivity contribution in [3.8, 4) is 22.7 Å². The lowest BCUT2D eigenvalue weighted by Crippen LogP contribution is -2.14. The van der Waals surface area contributed by atoms with Crippen LogP contribution in [0, 0.1) is 0 Å². The maximum atomic E-state index is 12.5. The molecule has 2 aromatic heterocycles. The number of aromatic amines is 1. The first-order valence-corrected chi connectivity index (χ1v) is 11.1. The van der Waals surface area contributed by atoms with Crippen LogP contribution in [0.3, 0.4) is 0 Å². The molecule has 0 atom stereocenters. The molecule has 0 spiro atoms. The van der Waals surface area contributed by atoms with E-state index in [9.17, 15) is 4.79 Å². The molecule has 0 saturated heterocycles. The van der Waals surface area contributed by atoms with Gasteiger partial charge in [0.15, 0.2) is 5.58 Å². The number of anilines is 2. The molecule has 0 saturated carbocycles. The lowest BCUT2D eigenvalue weighted by atomic mass is 10.1. The third kappa shape index (κ3) is 4.51. The minimum atomic E-state index is -0.0732. The Hall–Kier alpha value is -4.10. The number of carbonyl (C=O) groups excluding carboxylic acids is 1. The van der Waals surface area contributed by atoms with E-state index in [2.05, 4.69) is 20.5 Å². The normalized spacial score (nSPS) is 11.0. The van der Waals surface area contributed by atoms with E-state index < -0.39 is 0 Å². The number of aromatic nitrogens is 3. The van der Waals surface area contributed by atoms with Crippen molar-refractivity contribution >= 4 is 40.0 Å². The third-order valence-electron chi connectivity index (χ3n) is 5.48. The van der Waals surface area contributed by atoms with Gasteiger partial charge in [0.05, 0.1) is 12.0 Å². The van der Waals surface area contributed by atoms with Crippen molar-refractivity contribution in [3.05, 3.63) is 83.5 Å². The molecular formula is C26H22ClN5O2. The van der Waals surface area contributed by atoms with Crippen LogP contribution in [0.2, 0.25) is 5.02 Å². The van der Waals surface area contributed by atoms with E-state index in [0.717, 1.165) is 22.4 Å². The molecule has 0 aliphatic carbocycles. The van der Waals surface area contributed by atoms with Gasteiger partial charge in [-0.05, 0) is 48.0 Å². The molecule has 0 unspecified atom stereocenters. The number of nitrogens with zero attached hydrogens (tertiary/aromatic N) is 3. The first-order valence-electron chi connectivity index (χ1n) is 10.7. The molecule has 8 heteroatoms. The van der Waals surface area contributed by atoms with Crippen molar-refractivity contribution in [2.75, 3.05) is 24.3 Å². The van der Waals surface area contributed by atoms with Crippen LogP contribution in [0.5, 0.6) is 0 Å². The number of hydrogen-bond donors (Lipinski definition) is 2. The molecule has 0 radical (unpaired) electrons. The minimum absolute atomic E-state index is 0.0732. The number of halogens is 1. The summed E-state index contributed by atoms with van der Waals surface area (Å²) in [5.74, 6) is 0.384. The van der Waals surface area contributed by atoms with Crippen molar-refractivity contribution in [1.29, 1.82) is 0 Å². The van der Waals surface area contributed by atoms with Gasteiger partial charge >= 0.3 is 0 Å². The number of amides is 1. The highest BCUT2D eigenvalue weighted by Gasteiger charge is 2.17. The van der Waals surface area contributed by atoms with Crippen LogP contribution in [0.25, 0.3) is 33.8 Å². The van der Waals surface area contributed by atoms with Crippen LogP contribution in [0.15, 0.2) is 77.3 Å². The molecule has 2 N–H and O–H groups in total. The standard InChI is InChI=1S/C26H22ClN5O2/c1-32(2)20-10-3-16(4-11-20)13-24(33)29-19-8-5-17(6-9-19)25-21(15-28-31-25)26-30-22-14-18(27)7-12-23(22)34-26/h3-12,14-15H,13H2,1-2H3,(H,28,31)(H,29,33). The van der Waals surface area contributed by atoms with E-state index in [1.807, 2.05) is 67.5 Å². The molecule has 2 heterocycles. The summed E-state index contributed by atoms with van der Waals surface area (Å²) >= 11 is 6.06. The summed E-state index contributed by atoms with van der Waals surface area (Å²) in [5, 5.41) is 10.8. The molecule has 7 nitrogen and oxygen atoms in total. The number of oxazole rings is 1. The van der Waals surface area contributed by atoms with Gasteiger partial charge in [0, 0.05) is 42.3 Å². The Morgan fingerprint density at radius 3 is 2.56 bits per heavy atom. The van der Waals surface area contributed by atoms with Gasteiger partial charge in [-0.15, -0.1) is 0 Å². The zero-order valence-electron chi connectivity index (χ0n) is 18.7. The smallest absolute Gasteiger partial charge is 0.231 e. The highest BCUT2D eigenvalue weighted by Crippen LogP contribution is 2.33. The van der Waals surface area contributed by atoms with Gasteiger partial charge < -0.3 is 14.6 Å². The molecule has 170 valence electrons. The van der Waals surface area contributed by atoms with Crippen molar-refractivity contribution in [3.63, 3.8) is 0 Å². The number of hydrogen-bond acceptors (Lipinski definition) is 5. The second-order valence-electron chi connectivity index (χ2n) is 8.14. The summed E-state index contributed by atoms with van der Waals surface area (Å²) in [4.78, 5) is 19.1. The van der Waals surface area contributed by atoms with E-state index >= 15 is 0 Å². The predicted molar refractivity (Wildman–Crippen MR) is 135 cm³/mol. The summed E-state index contributed by atoms with van der Waals surface area (Å²) in [5.41, 5.74) is 6.42. The van der Waals surface area contributed by atoms with Crippen molar-refractivity contribution in [2.45, 2.75) is 6.42 Å². The van der Waals surface area contributed by atoms with Crippen LogP contribution < -0.4 is 10.2 Å². The fourth-order valence-electron chi connectivity index (χ4n) is 3.70. The topological polar surface area (TPSA) is 87.0 Å². The second-order valence-corrected chi connectivity index (χ2v) is 8.58. The van der Waals surface area contributed by atoms with E-state index in [4.69, 9.17) is 16.0 Å². The number of H-pyrrole nitrogens is 1. The number of fused-ring (bicyclic) bond motifs is 1. The largest absolute Gasteiger partial charge is 0.436 e. The predicted octanol–water partition coefficient (Wildman–Crippen LogP) is 5.79. The second kappa shape index (κ2) is 9.03. The minimum Gasteiger partial charge on any atom is -0.436 e. The van der Waals surface area contributed by atoms with Crippen molar-refractivity contribution in [1.82, 2.24) is 15.2 Å². The average Bonchev–Trinajstić information content (AvgIpc) is 3.46. The van der Waals surface area contributed by atoms with Gasteiger partial charge in [-0.1, -0.05) is 35.9 Å². The van der Waals surface area contributed by atoms with Gasteiger partial charge in [0.1, 0.15) is 11.2 Å². The quantitative estimate of drug-likeness (QED) is 0.327. The van der Waals surface area contributed by atoms with E-state index in [1.54, 1.807) is 24.4 Å². The average molecular weight is 472 g/mol. The van der Waals surface area contributed by atoms with Crippen LogP contribution in [-0.4, -0.2) is 35.2 Å². The molecule has 0 fully saturated rings. The zero-order valence-corrected chi connectivity index (χ0v) is 19.4. The monoisotopic (exact) mass is 471 g/mol. The molecular weight excluding hydrogens is 450 g/mol. The van der Waals surface area contributed by atoms with Crippen LogP contribution in [-0.2, 0) is 11.2 Å². The molecule has 5 aromatic rings. The highest BCUT2D eigenvalue weighted by atomic mass is 35.5. The third-order valence-corrected chi connectivity index (χ3v) is 5.71. The molecule has 1 amide bonds. The van der Waals surface area contributed by atoms with Crippen LogP contribution in [0.1, 0.15) is 5.56 Å². The van der Waals surface area contributed by atoms with E-state index in [0.29, 0.717) is 39.8 Å². The molecule has 0 aliphatic heterocycles. The lowest BCUT2D eigenvalue weighted by molar-refractivity contribution is -0.115. The summed E-state index contributed by atoms with van der Waals surface area (Å²) in [6.45, 7) is 0. The van der Waals surface area contributed by atoms with Gasteiger partial charge in [-0.2, -0.15) is 5.10 Å². The summed E-state index contributed by atoms with van der Waals surface area (Å²) in [7, 11) is 3.97. The Kier molecular flexibility index (Phi) is 5.77. The van der Waals surface area contributed by atoms with E-state index in [1.165, 1.54) is 0 Å². The first kappa shape index (κ1) is 21.7. The first-order chi connectivity index (χ1) is 16.5. The van der Waals surface area contributed by atoms with Gasteiger partial charge in [0.25, 0.3) is 0 Å². The number of nitrogens with one attached hydrogen (secondary N) is 2. The summed E-state index contributed by atoms with van der Waals surface area (Å²) in [6.07, 6.45) is 2.06.